The number of halogens is 1. The first kappa shape index (κ1) is 12.3. The molecule has 3 aromatic rings. The van der Waals surface area contributed by atoms with E-state index in [9.17, 15) is 0 Å². The number of pyridine rings is 2. The van der Waals surface area contributed by atoms with Crippen LogP contribution >= 0.6 is 15.9 Å². The number of hydrogen-bond acceptors (Lipinski definition) is 3. The zero-order valence-electron chi connectivity index (χ0n) is 11.0. The fraction of sp³-hybridized carbons (Fsp3) is 0.214. The Kier molecular flexibility index (Phi) is 2.86. The van der Waals surface area contributed by atoms with Crippen LogP contribution in [0.4, 0.5) is 0 Å². The average Bonchev–Trinajstić information content (AvgIpc) is 2.65. The average molecular weight is 317 g/mol. The van der Waals surface area contributed by atoms with Gasteiger partial charge in [-0.25, -0.2) is 4.68 Å². The standard InChI is InChI=1S/C14H13BrN4/c1-8-9(2)18-19(10(8)3)13-4-5-16-12-6-11(15)7-17-14(12)13/h4-7H,1-3H3. The van der Waals surface area contributed by atoms with Crippen molar-refractivity contribution in [2.45, 2.75) is 20.8 Å². The summed E-state index contributed by atoms with van der Waals surface area (Å²) in [5, 5.41) is 4.59. The van der Waals surface area contributed by atoms with Crippen molar-refractivity contribution in [1.29, 1.82) is 0 Å². The highest BCUT2D eigenvalue weighted by Crippen LogP contribution is 2.23. The molecule has 0 fully saturated rings. The number of hydrogen-bond donors (Lipinski definition) is 0. The Labute approximate surface area is 119 Å². The van der Waals surface area contributed by atoms with Crippen LogP contribution in [-0.2, 0) is 0 Å². The molecule has 4 nitrogen and oxygen atoms in total. The maximum absolute atomic E-state index is 4.59. The van der Waals surface area contributed by atoms with E-state index in [1.807, 2.05) is 23.7 Å². The van der Waals surface area contributed by atoms with Gasteiger partial charge in [0.1, 0.15) is 5.52 Å². The molecule has 0 saturated heterocycles. The molecule has 96 valence electrons. The molecule has 19 heavy (non-hydrogen) atoms. The highest BCUT2D eigenvalue weighted by molar-refractivity contribution is 9.10. The Morgan fingerprint density at radius 2 is 1.95 bits per heavy atom. The lowest BCUT2D eigenvalue weighted by atomic mass is 10.2. The molecule has 0 aliphatic carbocycles. The summed E-state index contributed by atoms with van der Waals surface area (Å²) < 4.78 is 2.87. The van der Waals surface area contributed by atoms with Crippen LogP contribution in [0.3, 0.4) is 0 Å². The van der Waals surface area contributed by atoms with Crippen molar-refractivity contribution in [1.82, 2.24) is 19.7 Å². The molecule has 3 aromatic heterocycles. The van der Waals surface area contributed by atoms with Crippen LogP contribution in [0.5, 0.6) is 0 Å². The summed E-state index contributed by atoms with van der Waals surface area (Å²) in [5.74, 6) is 0. The van der Waals surface area contributed by atoms with Crippen LogP contribution in [0.25, 0.3) is 16.7 Å². The zero-order valence-corrected chi connectivity index (χ0v) is 12.6. The van der Waals surface area contributed by atoms with Gasteiger partial charge in [-0.3, -0.25) is 9.97 Å². The smallest absolute Gasteiger partial charge is 0.114 e. The normalized spacial score (nSPS) is 11.2. The Hall–Kier alpha value is -1.75. The van der Waals surface area contributed by atoms with E-state index >= 15 is 0 Å². The maximum atomic E-state index is 4.59. The van der Waals surface area contributed by atoms with Crippen LogP contribution in [-0.4, -0.2) is 19.7 Å². The van der Waals surface area contributed by atoms with Crippen LogP contribution in [0.15, 0.2) is 29.0 Å². The lowest BCUT2D eigenvalue weighted by Gasteiger charge is -2.07. The maximum Gasteiger partial charge on any atom is 0.114 e. The molecular weight excluding hydrogens is 304 g/mol. The lowest BCUT2D eigenvalue weighted by Crippen LogP contribution is -2.02. The zero-order chi connectivity index (χ0) is 13.6. The second-order valence-electron chi connectivity index (χ2n) is 4.56. The molecule has 0 N–H and O–H groups in total. The van der Waals surface area contributed by atoms with Gasteiger partial charge in [-0.2, -0.15) is 5.10 Å². The van der Waals surface area contributed by atoms with Crippen molar-refractivity contribution in [3.63, 3.8) is 0 Å². The highest BCUT2D eigenvalue weighted by atomic mass is 79.9. The molecule has 0 spiro atoms. The molecule has 3 heterocycles. The highest BCUT2D eigenvalue weighted by Gasteiger charge is 2.12. The van der Waals surface area contributed by atoms with Crippen molar-refractivity contribution in [3.8, 4) is 5.69 Å². The minimum Gasteiger partial charge on any atom is -0.254 e. The number of rotatable bonds is 1. The molecule has 0 unspecified atom stereocenters. The minimum atomic E-state index is 0.858. The van der Waals surface area contributed by atoms with Gasteiger partial charge in [-0.15, -0.1) is 0 Å². The summed E-state index contributed by atoms with van der Waals surface area (Å²) in [4.78, 5) is 8.82. The Bertz CT molecular complexity index is 776. The van der Waals surface area contributed by atoms with Gasteiger partial charge in [-0.1, -0.05) is 0 Å². The predicted octanol–water partition coefficient (Wildman–Crippen LogP) is 3.50. The number of nitrogens with zero attached hydrogens (tertiary/aromatic N) is 4. The molecule has 0 aliphatic heterocycles. The van der Waals surface area contributed by atoms with Gasteiger partial charge in [0, 0.05) is 22.6 Å². The van der Waals surface area contributed by atoms with Gasteiger partial charge in [0.05, 0.1) is 16.9 Å². The fourth-order valence-electron chi connectivity index (χ4n) is 2.12. The number of aromatic nitrogens is 4. The van der Waals surface area contributed by atoms with Crippen molar-refractivity contribution >= 4 is 27.0 Å². The van der Waals surface area contributed by atoms with Crippen LogP contribution < -0.4 is 0 Å². The van der Waals surface area contributed by atoms with E-state index in [4.69, 9.17) is 0 Å². The van der Waals surface area contributed by atoms with E-state index in [2.05, 4.69) is 44.8 Å². The van der Waals surface area contributed by atoms with E-state index < -0.39 is 0 Å². The van der Waals surface area contributed by atoms with Crippen LogP contribution in [0.2, 0.25) is 0 Å². The summed E-state index contributed by atoms with van der Waals surface area (Å²) in [5.41, 5.74) is 6.07. The lowest BCUT2D eigenvalue weighted by molar-refractivity contribution is 0.836. The van der Waals surface area contributed by atoms with E-state index in [0.29, 0.717) is 0 Å². The first-order valence-corrected chi connectivity index (χ1v) is 6.80. The van der Waals surface area contributed by atoms with Gasteiger partial charge in [0.2, 0.25) is 0 Å². The van der Waals surface area contributed by atoms with Gasteiger partial charge in [0.15, 0.2) is 0 Å². The van der Waals surface area contributed by atoms with Crippen molar-refractivity contribution in [3.05, 3.63) is 46.0 Å². The Morgan fingerprint density at radius 1 is 1.16 bits per heavy atom. The second-order valence-corrected chi connectivity index (χ2v) is 5.47. The Morgan fingerprint density at radius 3 is 2.63 bits per heavy atom. The number of fused-ring (bicyclic) bond motifs is 1. The SMILES string of the molecule is Cc1nn(-c2ccnc3cc(Br)cnc23)c(C)c1C. The van der Waals surface area contributed by atoms with Crippen molar-refractivity contribution in [2.75, 3.05) is 0 Å². The molecule has 0 amide bonds. The van der Waals surface area contributed by atoms with Crippen LogP contribution in [0.1, 0.15) is 17.0 Å². The Balaban J connectivity index is 2.33. The van der Waals surface area contributed by atoms with Crippen molar-refractivity contribution in [2.24, 2.45) is 0 Å². The molecule has 3 rings (SSSR count). The van der Waals surface area contributed by atoms with Gasteiger partial charge in [0.25, 0.3) is 0 Å². The summed E-state index contributed by atoms with van der Waals surface area (Å²) in [7, 11) is 0. The molecule has 0 radical (unpaired) electrons. The van der Waals surface area contributed by atoms with E-state index in [0.717, 1.165) is 32.6 Å². The first-order valence-electron chi connectivity index (χ1n) is 6.01. The fourth-order valence-corrected chi connectivity index (χ4v) is 2.44. The second kappa shape index (κ2) is 4.42. The monoisotopic (exact) mass is 316 g/mol. The largest absolute Gasteiger partial charge is 0.254 e. The van der Waals surface area contributed by atoms with E-state index in [-0.39, 0.29) is 0 Å². The van der Waals surface area contributed by atoms with E-state index in [1.165, 1.54) is 5.56 Å². The molecule has 5 heteroatoms. The third-order valence-corrected chi connectivity index (χ3v) is 3.84. The quantitative estimate of drug-likeness (QED) is 0.690. The topological polar surface area (TPSA) is 43.6 Å². The van der Waals surface area contributed by atoms with E-state index in [1.54, 1.807) is 12.4 Å². The summed E-state index contributed by atoms with van der Waals surface area (Å²) in [6.45, 7) is 6.17. The van der Waals surface area contributed by atoms with Crippen molar-refractivity contribution < 1.29 is 0 Å². The third kappa shape index (κ3) is 1.94. The molecule has 0 atom stereocenters. The summed E-state index contributed by atoms with van der Waals surface area (Å²) in [6.07, 6.45) is 3.57. The number of aryl methyl sites for hydroxylation is 1. The summed E-state index contributed by atoms with van der Waals surface area (Å²) in [6, 6.07) is 3.91. The van der Waals surface area contributed by atoms with Crippen LogP contribution in [0, 0.1) is 20.8 Å². The molecular formula is C14H13BrN4. The van der Waals surface area contributed by atoms with Gasteiger partial charge >= 0.3 is 0 Å². The predicted molar refractivity (Wildman–Crippen MR) is 78.6 cm³/mol. The van der Waals surface area contributed by atoms with Gasteiger partial charge in [-0.05, 0) is 54.4 Å². The first-order chi connectivity index (χ1) is 9.08. The molecule has 0 saturated carbocycles. The minimum absolute atomic E-state index is 0.858. The molecule has 0 bridgehead atoms. The van der Waals surface area contributed by atoms with Gasteiger partial charge < -0.3 is 0 Å². The third-order valence-electron chi connectivity index (χ3n) is 3.40. The summed E-state index contributed by atoms with van der Waals surface area (Å²) >= 11 is 3.42. The molecule has 0 aromatic carbocycles. The molecule has 0 aliphatic rings.